The van der Waals surface area contributed by atoms with Crippen LogP contribution >= 0.6 is 0 Å². The molecule has 0 aliphatic rings. The van der Waals surface area contributed by atoms with Gasteiger partial charge in [0, 0.05) is 26.4 Å². The number of carbonyl (C=O) groups is 1. The molecule has 1 unspecified atom stereocenters. The molecular weight excluding hydrogens is 380 g/mol. The Hall–Kier alpha value is -0.700. The zero-order chi connectivity index (χ0) is 21.6. The van der Waals surface area contributed by atoms with Crippen LogP contribution in [0.1, 0.15) is 77.6 Å². The highest BCUT2D eigenvalue weighted by molar-refractivity contribution is 7.85. The molecule has 0 rings (SSSR count). The van der Waals surface area contributed by atoms with Crippen molar-refractivity contribution in [2.45, 2.75) is 83.8 Å². The molecule has 2 N–H and O–H groups in total. The molecule has 1 atom stereocenters. The highest BCUT2D eigenvalue weighted by Crippen LogP contribution is 2.12. The Morgan fingerprint density at radius 2 is 1.46 bits per heavy atom. The minimum atomic E-state index is -4.21. The fraction of sp³-hybridized carbons (Fsp3) is 0.950. The largest absolute Gasteiger partial charge is 0.346 e. The van der Waals surface area contributed by atoms with Crippen LogP contribution in [0.5, 0.6) is 0 Å². The van der Waals surface area contributed by atoms with E-state index in [0.717, 1.165) is 12.8 Å². The Morgan fingerprint density at radius 3 is 1.96 bits per heavy atom. The molecule has 1 amide bonds. The van der Waals surface area contributed by atoms with E-state index in [2.05, 4.69) is 6.92 Å². The second-order valence-corrected chi connectivity index (χ2v) is 9.98. The van der Waals surface area contributed by atoms with E-state index in [-0.39, 0.29) is 10.4 Å². The molecule has 0 heterocycles. The molecule has 0 fully saturated rings. The topological polar surface area (TPSA) is 94.9 Å². The molecule has 168 valence electrons. The number of quaternary nitrogens is 1. The van der Waals surface area contributed by atoms with Gasteiger partial charge in [0.15, 0.2) is 5.75 Å². The highest BCUT2D eigenvalue weighted by Gasteiger charge is 2.30. The summed E-state index contributed by atoms with van der Waals surface area (Å²) >= 11 is 0. The summed E-state index contributed by atoms with van der Waals surface area (Å²) in [6.45, 7) is 3.30. The minimum Gasteiger partial charge on any atom is -0.346 e. The first-order valence-corrected chi connectivity index (χ1v) is 12.3. The van der Waals surface area contributed by atoms with Crippen LogP contribution in [0.15, 0.2) is 0 Å². The van der Waals surface area contributed by atoms with Gasteiger partial charge in [-0.15, -0.1) is 0 Å². The van der Waals surface area contributed by atoms with Gasteiger partial charge in [-0.1, -0.05) is 58.3 Å². The van der Waals surface area contributed by atoms with E-state index in [1.54, 1.807) is 26.0 Å². The van der Waals surface area contributed by atoms with E-state index in [1.165, 1.54) is 44.9 Å². The maximum absolute atomic E-state index is 12.2. The fourth-order valence-electron chi connectivity index (χ4n) is 3.16. The van der Waals surface area contributed by atoms with E-state index in [0.29, 0.717) is 25.9 Å². The van der Waals surface area contributed by atoms with Crippen molar-refractivity contribution in [1.82, 2.24) is 4.90 Å². The predicted molar refractivity (Wildman–Crippen MR) is 113 cm³/mol. The summed E-state index contributed by atoms with van der Waals surface area (Å²) in [6.07, 6.45) is 11.0. The SMILES string of the molecule is CCCCCCCCCCCC(=O)N(C)CCC[N+](C)(C)C(O)CS(=O)(=O)O. The van der Waals surface area contributed by atoms with Crippen LogP contribution in [0, 0.1) is 0 Å². The third-order valence-corrected chi connectivity index (χ3v) is 6.03. The molecule has 8 heteroatoms. The zero-order valence-electron chi connectivity index (χ0n) is 18.4. The molecule has 0 aromatic heterocycles. The lowest BCUT2D eigenvalue weighted by atomic mass is 10.1. The predicted octanol–water partition coefficient (Wildman–Crippen LogP) is 3.04. The fourth-order valence-corrected chi connectivity index (χ4v) is 3.94. The quantitative estimate of drug-likeness (QED) is 0.162. The number of aliphatic hydroxyl groups excluding tert-OH is 1. The van der Waals surface area contributed by atoms with Crippen molar-refractivity contribution in [2.24, 2.45) is 0 Å². The molecule has 0 aromatic rings. The zero-order valence-corrected chi connectivity index (χ0v) is 19.2. The summed E-state index contributed by atoms with van der Waals surface area (Å²) in [4.78, 5) is 13.9. The van der Waals surface area contributed by atoms with Gasteiger partial charge in [-0.05, 0) is 6.42 Å². The maximum Gasteiger partial charge on any atom is 0.273 e. The van der Waals surface area contributed by atoms with Crippen LogP contribution in [-0.4, -0.2) is 79.6 Å². The van der Waals surface area contributed by atoms with E-state index >= 15 is 0 Å². The number of nitrogens with zero attached hydrogens (tertiary/aromatic N) is 2. The first-order chi connectivity index (χ1) is 13.0. The van der Waals surface area contributed by atoms with Crippen LogP contribution in [-0.2, 0) is 14.9 Å². The molecule has 0 saturated carbocycles. The van der Waals surface area contributed by atoms with E-state index in [4.69, 9.17) is 4.55 Å². The Kier molecular flexibility index (Phi) is 14.0. The molecule has 0 saturated heterocycles. The number of unbranched alkanes of at least 4 members (excludes halogenated alkanes) is 8. The Labute approximate surface area is 172 Å². The summed E-state index contributed by atoms with van der Waals surface area (Å²) in [5.74, 6) is -0.556. The van der Waals surface area contributed by atoms with Crippen molar-refractivity contribution < 1.29 is 27.4 Å². The van der Waals surface area contributed by atoms with Gasteiger partial charge < -0.3 is 14.5 Å². The first kappa shape index (κ1) is 27.3. The highest BCUT2D eigenvalue weighted by atomic mass is 32.2. The third kappa shape index (κ3) is 14.3. The van der Waals surface area contributed by atoms with Gasteiger partial charge in [-0.3, -0.25) is 9.35 Å². The van der Waals surface area contributed by atoms with Gasteiger partial charge >= 0.3 is 0 Å². The Balaban J connectivity index is 3.88. The molecule has 0 aliphatic carbocycles. The van der Waals surface area contributed by atoms with Gasteiger partial charge in [0.1, 0.15) is 0 Å². The van der Waals surface area contributed by atoms with Crippen LogP contribution in [0.25, 0.3) is 0 Å². The van der Waals surface area contributed by atoms with Crippen LogP contribution in [0.2, 0.25) is 0 Å². The van der Waals surface area contributed by atoms with Crippen molar-refractivity contribution in [1.29, 1.82) is 0 Å². The molecular formula is C20H43N2O5S+. The molecule has 28 heavy (non-hydrogen) atoms. The molecule has 0 radical (unpaired) electrons. The lowest BCUT2D eigenvalue weighted by Crippen LogP contribution is -2.53. The Bertz CT molecular complexity index is 523. The van der Waals surface area contributed by atoms with Crippen molar-refractivity contribution in [3.8, 4) is 0 Å². The summed E-state index contributed by atoms with van der Waals surface area (Å²) in [5.41, 5.74) is 0. The monoisotopic (exact) mass is 423 g/mol. The molecule has 0 aliphatic heterocycles. The third-order valence-electron chi connectivity index (χ3n) is 5.31. The van der Waals surface area contributed by atoms with Crippen LogP contribution < -0.4 is 0 Å². The van der Waals surface area contributed by atoms with E-state index < -0.39 is 22.1 Å². The van der Waals surface area contributed by atoms with Crippen LogP contribution in [0.4, 0.5) is 0 Å². The number of carbonyl (C=O) groups excluding carboxylic acids is 1. The van der Waals surface area contributed by atoms with Crippen molar-refractivity contribution in [3.05, 3.63) is 0 Å². The normalized spacial score (nSPS) is 13.5. The summed E-state index contributed by atoms with van der Waals surface area (Å²) < 4.78 is 30.8. The van der Waals surface area contributed by atoms with E-state index in [1.807, 2.05) is 0 Å². The summed E-state index contributed by atoms with van der Waals surface area (Å²) in [5, 5.41) is 9.99. The first-order valence-electron chi connectivity index (χ1n) is 10.7. The lowest BCUT2D eigenvalue weighted by Gasteiger charge is -2.34. The van der Waals surface area contributed by atoms with Gasteiger partial charge in [-0.2, -0.15) is 8.42 Å². The maximum atomic E-state index is 12.2. The van der Waals surface area contributed by atoms with Gasteiger partial charge in [0.2, 0.25) is 12.1 Å². The number of rotatable bonds is 17. The number of amides is 1. The molecule has 0 spiro atoms. The second kappa shape index (κ2) is 14.3. The van der Waals surface area contributed by atoms with Gasteiger partial charge in [0.25, 0.3) is 10.1 Å². The minimum absolute atomic E-state index is 0.0556. The molecule has 0 aromatic carbocycles. The average molecular weight is 424 g/mol. The summed E-state index contributed by atoms with van der Waals surface area (Å²) in [7, 11) is 0.984. The lowest BCUT2D eigenvalue weighted by molar-refractivity contribution is -0.933. The average Bonchev–Trinajstić information content (AvgIpc) is 2.58. The standard InChI is InChI=1S/C20H42N2O5S/c1-5-6-7-8-9-10-11-12-13-15-19(23)21(2)16-14-17-22(3,4)20(24)18-28(25,26)27/h20,24H,5-18H2,1-4H3/p+1. The van der Waals surface area contributed by atoms with Gasteiger partial charge in [0.05, 0.1) is 20.6 Å². The van der Waals surface area contributed by atoms with Crippen molar-refractivity contribution >= 4 is 16.0 Å². The summed E-state index contributed by atoms with van der Waals surface area (Å²) in [6, 6.07) is 0. The number of hydrogen-bond acceptors (Lipinski definition) is 4. The second-order valence-electron chi connectivity index (χ2n) is 8.48. The Morgan fingerprint density at radius 1 is 0.964 bits per heavy atom. The molecule has 0 bridgehead atoms. The number of hydrogen-bond donors (Lipinski definition) is 2. The van der Waals surface area contributed by atoms with Crippen LogP contribution in [0.3, 0.4) is 0 Å². The molecule has 7 nitrogen and oxygen atoms in total. The van der Waals surface area contributed by atoms with E-state index in [9.17, 15) is 18.3 Å². The van der Waals surface area contributed by atoms with Crippen molar-refractivity contribution in [3.63, 3.8) is 0 Å². The number of aliphatic hydroxyl groups is 1. The van der Waals surface area contributed by atoms with Crippen molar-refractivity contribution in [2.75, 3.05) is 40.0 Å². The smallest absolute Gasteiger partial charge is 0.273 e. The van der Waals surface area contributed by atoms with Gasteiger partial charge in [-0.25, -0.2) is 0 Å².